The van der Waals surface area contributed by atoms with Gasteiger partial charge in [-0.15, -0.1) is 0 Å². The number of hydrogen-bond donors (Lipinski definition) is 1. The Kier molecular flexibility index (Phi) is 8.92. The molecule has 0 aliphatic carbocycles. The van der Waals surface area contributed by atoms with E-state index in [4.69, 9.17) is 9.57 Å². The number of methoxy groups -OCH3 is 1. The topological polar surface area (TPSA) is 69.2 Å². The van der Waals surface area contributed by atoms with Gasteiger partial charge >= 0.3 is 0 Å². The minimum absolute atomic E-state index is 0.239. The fourth-order valence-corrected chi connectivity index (χ4v) is 6.55. The van der Waals surface area contributed by atoms with Crippen molar-refractivity contribution >= 4 is 23.0 Å². The number of rotatable bonds is 8. The highest BCUT2D eigenvalue weighted by atomic mass is 19.2. The third-order valence-electron chi connectivity index (χ3n) is 9.03. The first-order valence-electron chi connectivity index (χ1n) is 15.3. The molecule has 3 aliphatic rings. The molecule has 11 heteroatoms. The van der Waals surface area contributed by atoms with Crippen LogP contribution in [0.1, 0.15) is 43.4 Å². The summed E-state index contributed by atoms with van der Waals surface area (Å²) in [7, 11) is 3.88. The lowest BCUT2D eigenvalue weighted by molar-refractivity contribution is 0.0982. The number of piperazine rings is 1. The van der Waals surface area contributed by atoms with E-state index in [0.717, 1.165) is 76.0 Å². The van der Waals surface area contributed by atoms with Crippen molar-refractivity contribution in [3.63, 3.8) is 0 Å². The maximum Gasteiger partial charge on any atom is 0.164 e. The van der Waals surface area contributed by atoms with Crippen LogP contribution in [0.3, 0.4) is 0 Å². The Morgan fingerprint density at radius 2 is 1.79 bits per heavy atom. The van der Waals surface area contributed by atoms with E-state index in [1.54, 1.807) is 19.2 Å². The van der Waals surface area contributed by atoms with Crippen LogP contribution in [0, 0.1) is 11.6 Å². The summed E-state index contributed by atoms with van der Waals surface area (Å²) in [5.74, 6) is -0.0177. The van der Waals surface area contributed by atoms with Gasteiger partial charge in [0.05, 0.1) is 25.4 Å². The summed E-state index contributed by atoms with van der Waals surface area (Å²) in [6.07, 6.45) is 5.15. The van der Waals surface area contributed by atoms with E-state index in [1.807, 2.05) is 0 Å². The van der Waals surface area contributed by atoms with E-state index in [1.165, 1.54) is 28.7 Å². The fraction of sp³-hybridized carbons (Fsp3) is 0.500. The molecule has 0 spiro atoms. The van der Waals surface area contributed by atoms with Gasteiger partial charge in [-0.25, -0.2) is 23.8 Å². The van der Waals surface area contributed by atoms with Gasteiger partial charge in [0, 0.05) is 75.1 Å². The maximum absolute atomic E-state index is 14.6. The van der Waals surface area contributed by atoms with E-state index in [2.05, 4.69) is 56.1 Å². The van der Waals surface area contributed by atoms with Crippen LogP contribution >= 0.6 is 0 Å². The quantitative estimate of drug-likeness (QED) is 0.381. The van der Waals surface area contributed by atoms with Gasteiger partial charge < -0.3 is 19.9 Å². The second-order valence-electron chi connectivity index (χ2n) is 11.6. The summed E-state index contributed by atoms with van der Waals surface area (Å²) in [5, 5.41) is 4.94. The van der Waals surface area contributed by atoms with Crippen molar-refractivity contribution in [2.45, 2.75) is 44.7 Å². The average Bonchev–Trinajstić information content (AvgIpc) is 3.53. The van der Waals surface area contributed by atoms with Crippen molar-refractivity contribution in [3.05, 3.63) is 65.5 Å². The van der Waals surface area contributed by atoms with E-state index < -0.39 is 17.7 Å². The molecule has 1 aromatic heterocycles. The fourth-order valence-electron chi connectivity index (χ4n) is 6.55. The Bertz CT molecular complexity index is 1410. The number of nitrogens with one attached hydrogen (secondary N) is 1. The van der Waals surface area contributed by atoms with Crippen LogP contribution in [0.5, 0.6) is 5.75 Å². The second-order valence-corrected chi connectivity index (χ2v) is 11.6. The third-order valence-corrected chi connectivity index (χ3v) is 9.03. The number of hydroxylamine groups is 1. The number of aryl methyl sites for hydroxylation is 1. The Morgan fingerprint density at radius 3 is 2.53 bits per heavy atom. The zero-order valence-corrected chi connectivity index (χ0v) is 25.2. The normalized spacial score (nSPS) is 20.5. The van der Waals surface area contributed by atoms with Gasteiger partial charge in [-0.3, -0.25) is 9.74 Å². The molecular formula is C32H41F2N7O2. The van der Waals surface area contributed by atoms with E-state index in [-0.39, 0.29) is 5.56 Å². The number of piperidine rings is 1. The summed E-state index contributed by atoms with van der Waals surface area (Å²) in [6.45, 7) is 9.21. The molecule has 0 saturated carbocycles. The van der Waals surface area contributed by atoms with Crippen LogP contribution < -0.4 is 20.0 Å². The van der Waals surface area contributed by atoms with Crippen molar-refractivity contribution in [3.8, 4) is 5.75 Å². The third kappa shape index (κ3) is 6.25. The Balaban J connectivity index is 1.18. The number of likely N-dealkylation sites (N-methyl/N-ethyl adjacent to an activating group) is 1. The van der Waals surface area contributed by atoms with Gasteiger partial charge in [-0.05, 0) is 44.0 Å². The lowest BCUT2D eigenvalue weighted by atomic mass is 9.99. The van der Waals surface area contributed by atoms with Gasteiger partial charge in [0.2, 0.25) is 0 Å². The minimum Gasteiger partial charge on any atom is -0.494 e. The number of benzene rings is 2. The average molecular weight is 594 g/mol. The molecule has 3 aromatic rings. The Hall–Kier alpha value is -3.54. The predicted molar refractivity (Wildman–Crippen MR) is 164 cm³/mol. The highest BCUT2D eigenvalue weighted by molar-refractivity contribution is 5.73. The lowest BCUT2D eigenvalue weighted by Gasteiger charge is -2.43. The van der Waals surface area contributed by atoms with Crippen molar-refractivity contribution in [2.75, 3.05) is 75.3 Å². The van der Waals surface area contributed by atoms with Gasteiger partial charge in [-0.1, -0.05) is 19.1 Å². The highest BCUT2D eigenvalue weighted by Gasteiger charge is 2.32. The standard InChI is InChI=1S/C32H41F2N7O2/c1-4-22-18-26(29(42-3)19-28(22)40-11-8-23(9-12-40)39-15-13-38(2)14-16-39)37-30-20-31(36-21-35-30)41-27(10-17-43-41)24-6-5-7-25(33)32(24)34/h5-7,18-21,23,27H,4,8-17H2,1-3H3,(H,35,36,37)/t27-/m1/s1. The Labute approximate surface area is 252 Å². The first-order valence-corrected chi connectivity index (χ1v) is 15.3. The molecule has 230 valence electrons. The molecular weight excluding hydrogens is 552 g/mol. The molecule has 9 nitrogen and oxygen atoms in total. The molecule has 43 heavy (non-hydrogen) atoms. The number of hydrogen-bond acceptors (Lipinski definition) is 9. The number of halogens is 2. The molecule has 0 radical (unpaired) electrons. The molecule has 3 fully saturated rings. The molecule has 0 amide bonds. The zero-order chi connectivity index (χ0) is 29.9. The molecule has 0 unspecified atom stereocenters. The molecule has 3 saturated heterocycles. The summed E-state index contributed by atoms with van der Waals surface area (Å²) < 4.78 is 34.4. The van der Waals surface area contributed by atoms with Crippen molar-refractivity contribution in [1.82, 2.24) is 19.8 Å². The molecule has 3 aliphatic heterocycles. The summed E-state index contributed by atoms with van der Waals surface area (Å²) >= 11 is 0. The van der Waals surface area contributed by atoms with Crippen molar-refractivity contribution in [1.29, 1.82) is 0 Å². The van der Waals surface area contributed by atoms with Crippen LogP contribution in [0.15, 0.2) is 42.7 Å². The maximum atomic E-state index is 14.6. The largest absolute Gasteiger partial charge is 0.494 e. The second kappa shape index (κ2) is 13.0. The van der Waals surface area contributed by atoms with E-state index in [0.29, 0.717) is 30.7 Å². The highest BCUT2D eigenvalue weighted by Crippen LogP contribution is 2.39. The van der Waals surface area contributed by atoms with Gasteiger partial charge in [-0.2, -0.15) is 0 Å². The zero-order valence-electron chi connectivity index (χ0n) is 25.2. The molecule has 2 aromatic carbocycles. The van der Waals surface area contributed by atoms with Crippen molar-refractivity contribution < 1.29 is 18.4 Å². The first-order chi connectivity index (χ1) is 20.9. The van der Waals surface area contributed by atoms with Crippen LogP contribution in [0.25, 0.3) is 0 Å². The molecule has 0 bridgehead atoms. The minimum atomic E-state index is -0.879. The number of nitrogens with zero attached hydrogens (tertiary/aromatic N) is 6. The SMILES string of the molecule is CCc1cc(Nc2cc(N3OCC[C@@H]3c3cccc(F)c3F)ncn2)c(OC)cc1N1CCC(N2CCN(C)CC2)CC1. The van der Waals surface area contributed by atoms with Gasteiger partial charge in [0.1, 0.15) is 17.9 Å². The van der Waals surface area contributed by atoms with Gasteiger partial charge in [0.25, 0.3) is 0 Å². The van der Waals surface area contributed by atoms with Gasteiger partial charge in [0.15, 0.2) is 17.5 Å². The van der Waals surface area contributed by atoms with Crippen LogP contribution in [0.2, 0.25) is 0 Å². The first kappa shape index (κ1) is 29.5. The van der Waals surface area contributed by atoms with E-state index in [9.17, 15) is 8.78 Å². The summed E-state index contributed by atoms with van der Waals surface area (Å²) in [4.78, 5) is 22.2. The van der Waals surface area contributed by atoms with Crippen LogP contribution in [-0.4, -0.2) is 85.8 Å². The monoisotopic (exact) mass is 593 g/mol. The van der Waals surface area contributed by atoms with Crippen molar-refractivity contribution in [2.24, 2.45) is 0 Å². The molecule has 6 rings (SSSR count). The molecule has 4 heterocycles. The number of anilines is 4. The smallest absolute Gasteiger partial charge is 0.164 e. The number of ether oxygens (including phenoxy) is 1. The number of aromatic nitrogens is 2. The van der Waals surface area contributed by atoms with Crippen LogP contribution in [-0.2, 0) is 11.3 Å². The summed E-state index contributed by atoms with van der Waals surface area (Å²) in [5.41, 5.74) is 3.49. The Morgan fingerprint density at radius 1 is 1.00 bits per heavy atom. The summed E-state index contributed by atoms with van der Waals surface area (Å²) in [6, 6.07) is 10.4. The molecule has 1 N–H and O–H groups in total. The van der Waals surface area contributed by atoms with Crippen LogP contribution in [0.4, 0.5) is 31.8 Å². The molecule has 1 atom stereocenters. The predicted octanol–water partition coefficient (Wildman–Crippen LogP) is 5.17. The van der Waals surface area contributed by atoms with E-state index >= 15 is 0 Å². The lowest BCUT2D eigenvalue weighted by Crippen LogP contribution is -2.52.